The number of benzene rings is 1. The number of para-hydroxylation sites is 1. The standard InChI is InChI=1S/C13H17ClN2O4/c14-10-4-1-2-5-11(10)20-9-3-7-15-13(19)16-8-6-12(17)18/h1-2,4-5H,3,6-9H2,(H,17,18)(H2,15,16,19). The van der Waals surface area contributed by atoms with E-state index in [1.807, 2.05) is 12.1 Å². The number of hydrogen-bond acceptors (Lipinski definition) is 3. The van der Waals surface area contributed by atoms with Crippen LogP contribution in [0, 0.1) is 0 Å². The summed E-state index contributed by atoms with van der Waals surface area (Å²) < 4.78 is 5.45. The van der Waals surface area contributed by atoms with E-state index in [1.165, 1.54) is 0 Å². The molecule has 2 amide bonds. The molecule has 0 radical (unpaired) electrons. The van der Waals surface area contributed by atoms with Gasteiger partial charge in [0.05, 0.1) is 18.1 Å². The number of hydrogen-bond donors (Lipinski definition) is 3. The van der Waals surface area contributed by atoms with E-state index < -0.39 is 5.97 Å². The van der Waals surface area contributed by atoms with Crippen molar-refractivity contribution in [2.45, 2.75) is 12.8 Å². The molecule has 0 aliphatic heterocycles. The Kier molecular flexibility index (Phi) is 7.27. The van der Waals surface area contributed by atoms with Gasteiger partial charge >= 0.3 is 12.0 Å². The molecule has 0 unspecified atom stereocenters. The van der Waals surface area contributed by atoms with E-state index in [4.69, 9.17) is 21.4 Å². The van der Waals surface area contributed by atoms with Crippen LogP contribution in [0.3, 0.4) is 0 Å². The second-order valence-electron chi connectivity index (χ2n) is 3.96. The van der Waals surface area contributed by atoms with Crippen LogP contribution < -0.4 is 15.4 Å². The lowest BCUT2D eigenvalue weighted by molar-refractivity contribution is -0.136. The molecule has 1 aromatic rings. The van der Waals surface area contributed by atoms with Gasteiger partial charge in [0.25, 0.3) is 0 Å². The van der Waals surface area contributed by atoms with Gasteiger partial charge in [-0.2, -0.15) is 0 Å². The largest absolute Gasteiger partial charge is 0.492 e. The van der Waals surface area contributed by atoms with Gasteiger partial charge in [-0.3, -0.25) is 4.79 Å². The van der Waals surface area contributed by atoms with Gasteiger partial charge in [-0.1, -0.05) is 23.7 Å². The maximum absolute atomic E-state index is 11.2. The van der Waals surface area contributed by atoms with Crippen LogP contribution in [0.25, 0.3) is 0 Å². The Labute approximate surface area is 122 Å². The first-order valence-corrected chi connectivity index (χ1v) is 6.58. The Morgan fingerprint density at radius 1 is 1.20 bits per heavy atom. The van der Waals surface area contributed by atoms with Crippen LogP contribution in [-0.4, -0.2) is 36.8 Å². The third-order valence-corrected chi connectivity index (χ3v) is 2.64. The number of halogens is 1. The van der Waals surface area contributed by atoms with Crippen LogP contribution in [0.2, 0.25) is 5.02 Å². The number of amides is 2. The SMILES string of the molecule is O=C(O)CCNC(=O)NCCCOc1ccccc1Cl. The van der Waals surface area contributed by atoms with Crippen molar-refractivity contribution in [2.75, 3.05) is 19.7 Å². The van der Waals surface area contributed by atoms with Gasteiger partial charge in [-0.15, -0.1) is 0 Å². The van der Waals surface area contributed by atoms with Gasteiger partial charge in [0.2, 0.25) is 0 Å². The summed E-state index contributed by atoms with van der Waals surface area (Å²) in [5.74, 6) is -0.335. The van der Waals surface area contributed by atoms with Crippen LogP contribution in [0.5, 0.6) is 5.75 Å². The number of rotatable bonds is 8. The van der Waals surface area contributed by atoms with Crippen LogP contribution in [0.1, 0.15) is 12.8 Å². The molecule has 0 saturated carbocycles. The minimum absolute atomic E-state index is 0.0942. The lowest BCUT2D eigenvalue weighted by Crippen LogP contribution is -2.37. The van der Waals surface area contributed by atoms with Gasteiger partial charge < -0.3 is 20.5 Å². The first-order chi connectivity index (χ1) is 9.59. The predicted molar refractivity (Wildman–Crippen MR) is 75.2 cm³/mol. The van der Waals surface area contributed by atoms with Crippen molar-refractivity contribution in [1.29, 1.82) is 0 Å². The zero-order valence-corrected chi connectivity index (χ0v) is 11.7. The number of nitrogens with one attached hydrogen (secondary N) is 2. The molecule has 0 atom stereocenters. The molecule has 0 bridgehead atoms. The summed E-state index contributed by atoms with van der Waals surface area (Å²) in [6.07, 6.45) is 0.528. The monoisotopic (exact) mass is 300 g/mol. The molecule has 0 aliphatic rings. The summed E-state index contributed by atoms with van der Waals surface area (Å²) in [5.41, 5.74) is 0. The van der Waals surface area contributed by atoms with Gasteiger partial charge in [0, 0.05) is 13.1 Å². The maximum atomic E-state index is 11.2. The van der Waals surface area contributed by atoms with Gasteiger partial charge in [-0.05, 0) is 18.6 Å². The lowest BCUT2D eigenvalue weighted by Gasteiger charge is -2.09. The third kappa shape index (κ3) is 6.84. The molecule has 0 aliphatic carbocycles. The van der Waals surface area contributed by atoms with E-state index in [0.29, 0.717) is 30.3 Å². The Balaban J connectivity index is 2.06. The molecule has 0 saturated heterocycles. The van der Waals surface area contributed by atoms with E-state index in [1.54, 1.807) is 12.1 Å². The number of ether oxygens (including phenoxy) is 1. The first kappa shape index (κ1) is 16.1. The molecule has 0 spiro atoms. The van der Waals surface area contributed by atoms with Crippen molar-refractivity contribution < 1.29 is 19.4 Å². The smallest absolute Gasteiger partial charge is 0.314 e. The third-order valence-electron chi connectivity index (χ3n) is 2.33. The maximum Gasteiger partial charge on any atom is 0.314 e. The molecule has 0 fully saturated rings. The van der Waals surface area contributed by atoms with E-state index in [2.05, 4.69) is 10.6 Å². The number of carboxylic acids is 1. The highest BCUT2D eigenvalue weighted by atomic mass is 35.5. The Hall–Kier alpha value is -1.95. The van der Waals surface area contributed by atoms with Gasteiger partial charge in [0.1, 0.15) is 5.75 Å². The van der Waals surface area contributed by atoms with Crippen LogP contribution in [-0.2, 0) is 4.79 Å². The summed E-state index contributed by atoms with van der Waals surface area (Å²) in [5, 5.41) is 14.0. The highest BCUT2D eigenvalue weighted by Crippen LogP contribution is 2.22. The zero-order chi connectivity index (χ0) is 14.8. The van der Waals surface area contributed by atoms with Gasteiger partial charge in [-0.25, -0.2) is 4.79 Å². The fourth-order valence-corrected chi connectivity index (χ4v) is 1.55. The number of urea groups is 1. The summed E-state index contributed by atoms with van der Waals surface area (Å²) in [6, 6.07) is 6.77. The molecular weight excluding hydrogens is 284 g/mol. The number of carbonyl (C=O) groups excluding carboxylic acids is 1. The number of carbonyl (C=O) groups is 2. The van der Waals surface area contributed by atoms with Crippen molar-refractivity contribution in [3.8, 4) is 5.75 Å². The van der Waals surface area contributed by atoms with Crippen molar-refractivity contribution >= 4 is 23.6 Å². The predicted octanol–water partition coefficient (Wildman–Crippen LogP) is 1.88. The molecule has 3 N–H and O–H groups in total. The van der Waals surface area contributed by atoms with E-state index >= 15 is 0 Å². The quantitative estimate of drug-likeness (QED) is 0.640. The number of aliphatic carboxylic acids is 1. The Morgan fingerprint density at radius 2 is 1.90 bits per heavy atom. The summed E-state index contributed by atoms with van der Waals surface area (Å²) in [4.78, 5) is 21.5. The highest BCUT2D eigenvalue weighted by molar-refractivity contribution is 6.32. The fourth-order valence-electron chi connectivity index (χ4n) is 1.36. The Bertz CT molecular complexity index is 454. The van der Waals surface area contributed by atoms with Crippen LogP contribution in [0.15, 0.2) is 24.3 Å². The topological polar surface area (TPSA) is 87.7 Å². The molecule has 0 aromatic heterocycles. The lowest BCUT2D eigenvalue weighted by atomic mass is 10.3. The number of carboxylic acid groups (broad SMARTS) is 1. The van der Waals surface area contributed by atoms with Crippen LogP contribution >= 0.6 is 11.6 Å². The van der Waals surface area contributed by atoms with Crippen molar-refractivity contribution in [3.05, 3.63) is 29.3 Å². The molecule has 1 aromatic carbocycles. The highest BCUT2D eigenvalue weighted by Gasteiger charge is 2.02. The minimum Gasteiger partial charge on any atom is -0.492 e. The first-order valence-electron chi connectivity index (χ1n) is 6.20. The van der Waals surface area contributed by atoms with Crippen molar-refractivity contribution in [3.63, 3.8) is 0 Å². The van der Waals surface area contributed by atoms with E-state index in [9.17, 15) is 9.59 Å². The molecule has 6 nitrogen and oxygen atoms in total. The molecular formula is C13H17ClN2O4. The summed E-state index contributed by atoms with van der Waals surface area (Å²) >= 11 is 5.92. The summed E-state index contributed by atoms with van der Waals surface area (Å²) in [6.45, 7) is 0.972. The normalized spacial score (nSPS) is 9.85. The summed E-state index contributed by atoms with van der Waals surface area (Å²) in [7, 11) is 0. The van der Waals surface area contributed by atoms with Crippen LogP contribution in [0.4, 0.5) is 4.79 Å². The van der Waals surface area contributed by atoms with Crippen molar-refractivity contribution in [1.82, 2.24) is 10.6 Å². The van der Waals surface area contributed by atoms with E-state index in [-0.39, 0.29) is 19.0 Å². The second-order valence-corrected chi connectivity index (χ2v) is 4.37. The zero-order valence-electron chi connectivity index (χ0n) is 10.9. The molecule has 110 valence electrons. The average Bonchev–Trinajstić information content (AvgIpc) is 2.40. The average molecular weight is 301 g/mol. The minimum atomic E-state index is -0.946. The fraction of sp³-hybridized carbons (Fsp3) is 0.385. The molecule has 20 heavy (non-hydrogen) atoms. The molecule has 7 heteroatoms. The molecule has 0 heterocycles. The van der Waals surface area contributed by atoms with Gasteiger partial charge in [0.15, 0.2) is 0 Å². The van der Waals surface area contributed by atoms with E-state index in [0.717, 1.165) is 0 Å². The molecule has 1 rings (SSSR count). The van der Waals surface area contributed by atoms with Crippen molar-refractivity contribution in [2.24, 2.45) is 0 Å². The second kappa shape index (κ2) is 9.03. The Morgan fingerprint density at radius 3 is 2.60 bits per heavy atom.